The monoisotopic (exact) mass is 587 g/mol. The van der Waals surface area contributed by atoms with E-state index < -0.39 is 44.9 Å². The number of sulfonamides is 2. The van der Waals surface area contributed by atoms with Crippen molar-refractivity contribution in [1.82, 2.24) is 14.3 Å². The van der Waals surface area contributed by atoms with Crippen LogP contribution < -0.4 is 10.0 Å². The van der Waals surface area contributed by atoms with Crippen LogP contribution in [-0.2, 0) is 31.4 Å². The number of amides is 1. The molecule has 0 saturated carbocycles. The standard InChI is InChI=1S/C24H24Cl2FN3O5S2/c1-17-5-9-19(10-6-17)36(32,33)29-14-13-28-24(31)16-30(15-21-22(26)3-2-4-23(21)27)37(34,35)20-11-7-18(25)8-12-20/h2-12,29H,13-16H2,1H3,(H,28,31). The Morgan fingerprint density at radius 3 is 2.14 bits per heavy atom. The summed E-state index contributed by atoms with van der Waals surface area (Å²) in [6.07, 6.45) is 0. The van der Waals surface area contributed by atoms with Crippen LogP contribution in [-0.4, -0.2) is 46.7 Å². The Morgan fingerprint density at radius 1 is 0.892 bits per heavy atom. The van der Waals surface area contributed by atoms with E-state index in [1.807, 2.05) is 6.92 Å². The van der Waals surface area contributed by atoms with Gasteiger partial charge in [-0.15, -0.1) is 0 Å². The van der Waals surface area contributed by atoms with Crippen LogP contribution >= 0.6 is 23.2 Å². The maximum atomic E-state index is 14.4. The number of nitrogens with zero attached hydrogens (tertiary/aromatic N) is 1. The molecule has 3 aromatic rings. The molecule has 0 radical (unpaired) electrons. The minimum absolute atomic E-state index is 0.00206. The number of hydrogen-bond acceptors (Lipinski definition) is 5. The molecule has 0 unspecified atom stereocenters. The van der Waals surface area contributed by atoms with Crippen LogP contribution in [0.4, 0.5) is 4.39 Å². The predicted octanol–water partition coefficient (Wildman–Crippen LogP) is 3.73. The van der Waals surface area contributed by atoms with Gasteiger partial charge in [0.25, 0.3) is 0 Å². The first kappa shape index (κ1) is 29.0. The van der Waals surface area contributed by atoms with Crippen molar-refractivity contribution in [2.24, 2.45) is 0 Å². The van der Waals surface area contributed by atoms with E-state index in [-0.39, 0.29) is 33.5 Å². The van der Waals surface area contributed by atoms with Gasteiger partial charge in [-0.2, -0.15) is 4.31 Å². The van der Waals surface area contributed by atoms with Gasteiger partial charge < -0.3 is 5.32 Å². The van der Waals surface area contributed by atoms with Gasteiger partial charge >= 0.3 is 0 Å². The van der Waals surface area contributed by atoms with Gasteiger partial charge in [-0.25, -0.2) is 25.9 Å². The summed E-state index contributed by atoms with van der Waals surface area (Å²) in [5, 5.41) is 2.79. The maximum Gasteiger partial charge on any atom is 0.243 e. The second kappa shape index (κ2) is 12.3. The number of carbonyl (C=O) groups is 1. The van der Waals surface area contributed by atoms with Crippen LogP contribution in [0.1, 0.15) is 11.1 Å². The molecule has 0 fully saturated rings. The highest BCUT2D eigenvalue weighted by Crippen LogP contribution is 2.25. The number of hydrogen-bond donors (Lipinski definition) is 2. The molecule has 0 atom stereocenters. The van der Waals surface area contributed by atoms with E-state index in [0.29, 0.717) is 5.02 Å². The first-order valence-corrected chi connectivity index (χ1v) is 14.6. The highest BCUT2D eigenvalue weighted by molar-refractivity contribution is 7.89. The molecule has 3 aromatic carbocycles. The smallest absolute Gasteiger partial charge is 0.243 e. The quantitative estimate of drug-likeness (QED) is 0.332. The summed E-state index contributed by atoms with van der Waals surface area (Å²) in [5.74, 6) is -1.45. The molecule has 13 heteroatoms. The molecule has 0 aliphatic carbocycles. The lowest BCUT2D eigenvalue weighted by molar-refractivity contribution is -0.121. The number of nitrogens with one attached hydrogen (secondary N) is 2. The topological polar surface area (TPSA) is 113 Å². The highest BCUT2D eigenvalue weighted by Gasteiger charge is 2.28. The van der Waals surface area contributed by atoms with Gasteiger partial charge in [0.15, 0.2) is 0 Å². The van der Waals surface area contributed by atoms with Crippen LogP contribution in [0.25, 0.3) is 0 Å². The summed E-state index contributed by atoms with van der Waals surface area (Å²) >= 11 is 11.9. The molecular formula is C24H24Cl2FN3O5S2. The fourth-order valence-electron chi connectivity index (χ4n) is 3.25. The molecule has 0 heterocycles. The Kier molecular flexibility index (Phi) is 9.68. The fourth-order valence-corrected chi connectivity index (χ4v) is 5.99. The molecule has 37 heavy (non-hydrogen) atoms. The van der Waals surface area contributed by atoms with Gasteiger partial charge in [-0.05, 0) is 55.5 Å². The Labute approximate surface area is 225 Å². The van der Waals surface area contributed by atoms with Crippen molar-refractivity contribution in [3.63, 3.8) is 0 Å². The summed E-state index contributed by atoms with van der Waals surface area (Å²) in [6.45, 7) is 0.407. The molecule has 0 bridgehead atoms. The SMILES string of the molecule is Cc1ccc(S(=O)(=O)NCCNC(=O)CN(Cc2c(F)cccc2Cl)S(=O)(=O)c2ccc(Cl)cc2)cc1. The van der Waals surface area contributed by atoms with Gasteiger partial charge in [-0.1, -0.05) is 47.0 Å². The van der Waals surface area contributed by atoms with Gasteiger partial charge in [0.1, 0.15) is 5.82 Å². The molecule has 0 saturated heterocycles. The number of halogens is 3. The molecule has 0 aromatic heterocycles. The van der Waals surface area contributed by atoms with Gasteiger partial charge in [0, 0.05) is 35.2 Å². The minimum atomic E-state index is -4.26. The van der Waals surface area contributed by atoms with Crippen molar-refractivity contribution < 1.29 is 26.0 Å². The van der Waals surface area contributed by atoms with E-state index in [0.717, 1.165) is 15.9 Å². The summed E-state index contributed by atoms with van der Waals surface area (Å²) < 4.78 is 68.9. The average Bonchev–Trinajstić information content (AvgIpc) is 2.84. The molecule has 1 amide bonds. The second-order valence-corrected chi connectivity index (χ2v) is 12.5. The van der Waals surface area contributed by atoms with Crippen molar-refractivity contribution in [2.45, 2.75) is 23.3 Å². The zero-order valence-electron chi connectivity index (χ0n) is 19.6. The van der Waals surface area contributed by atoms with E-state index in [1.54, 1.807) is 12.1 Å². The van der Waals surface area contributed by atoms with E-state index in [9.17, 15) is 26.0 Å². The van der Waals surface area contributed by atoms with E-state index in [4.69, 9.17) is 23.2 Å². The minimum Gasteiger partial charge on any atom is -0.354 e. The lowest BCUT2D eigenvalue weighted by Gasteiger charge is -2.23. The van der Waals surface area contributed by atoms with Crippen LogP contribution in [0.2, 0.25) is 10.0 Å². The molecule has 0 spiro atoms. The van der Waals surface area contributed by atoms with Crippen LogP contribution in [0, 0.1) is 12.7 Å². The van der Waals surface area contributed by atoms with Gasteiger partial charge in [-0.3, -0.25) is 4.79 Å². The number of aryl methyl sites for hydroxylation is 1. The molecular weight excluding hydrogens is 564 g/mol. The molecule has 0 aliphatic heterocycles. The summed E-state index contributed by atoms with van der Waals surface area (Å²) in [7, 11) is -8.05. The maximum absolute atomic E-state index is 14.4. The van der Waals surface area contributed by atoms with Crippen molar-refractivity contribution >= 4 is 49.2 Å². The lowest BCUT2D eigenvalue weighted by Crippen LogP contribution is -2.42. The van der Waals surface area contributed by atoms with Gasteiger partial charge in [0.2, 0.25) is 26.0 Å². The third-order valence-corrected chi connectivity index (χ3v) is 9.13. The zero-order chi connectivity index (χ0) is 27.2. The Bertz CT molecular complexity index is 1450. The predicted molar refractivity (Wildman–Crippen MR) is 140 cm³/mol. The third-order valence-electron chi connectivity index (χ3n) is 5.24. The number of rotatable bonds is 11. The molecule has 3 rings (SSSR count). The largest absolute Gasteiger partial charge is 0.354 e. The van der Waals surface area contributed by atoms with E-state index >= 15 is 0 Å². The Balaban J connectivity index is 1.71. The van der Waals surface area contributed by atoms with Crippen LogP contribution in [0.3, 0.4) is 0 Å². The van der Waals surface area contributed by atoms with Crippen LogP contribution in [0.5, 0.6) is 0 Å². The highest BCUT2D eigenvalue weighted by atomic mass is 35.5. The normalized spacial score (nSPS) is 12.0. The van der Waals surface area contributed by atoms with E-state index in [1.165, 1.54) is 48.5 Å². The number of carbonyl (C=O) groups excluding carboxylic acids is 1. The Morgan fingerprint density at radius 2 is 1.51 bits per heavy atom. The lowest BCUT2D eigenvalue weighted by atomic mass is 10.2. The first-order chi connectivity index (χ1) is 17.4. The number of benzene rings is 3. The zero-order valence-corrected chi connectivity index (χ0v) is 22.8. The summed E-state index contributed by atoms with van der Waals surface area (Å²) in [5.41, 5.74) is 0.807. The van der Waals surface area contributed by atoms with Crippen molar-refractivity contribution in [2.75, 3.05) is 19.6 Å². The fraction of sp³-hybridized carbons (Fsp3) is 0.208. The van der Waals surface area contributed by atoms with E-state index in [2.05, 4.69) is 10.0 Å². The van der Waals surface area contributed by atoms with Crippen LogP contribution in [0.15, 0.2) is 76.5 Å². The summed E-state index contributed by atoms with van der Waals surface area (Å²) in [4.78, 5) is 12.6. The van der Waals surface area contributed by atoms with Crippen molar-refractivity contribution in [3.05, 3.63) is 93.7 Å². The molecule has 198 valence electrons. The second-order valence-electron chi connectivity index (χ2n) is 7.99. The molecule has 2 N–H and O–H groups in total. The van der Waals surface area contributed by atoms with Crippen molar-refractivity contribution in [3.8, 4) is 0 Å². The molecule has 0 aliphatic rings. The van der Waals surface area contributed by atoms with Gasteiger partial charge in [0.05, 0.1) is 16.3 Å². The first-order valence-electron chi connectivity index (χ1n) is 10.9. The van der Waals surface area contributed by atoms with Crippen molar-refractivity contribution in [1.29, 1.82) is 0 Å². The average molecular weight is 589 g/mol. The Hall–Kier alpha value is -2.54. The molecule has 8 nitrogen and oxygen atoms in total. The third kappa shape index (κ3) is 7.73. The summed E-state index contributed by atoms with van der Waals surface area (Å²) in [6, 6.07) is 15.5.